The second-order valence-electron chi connectivity index (χ2n) is 7.58. The number of carbonyl (C=O) groups excluding carboxylic acids is 2. The Morgan fingerprint density at radius 2 is 1.70 bits per heavy atom. The lowest BCUT2D eigenvalue weighted by Crippen LogP contribution is -2.38. The van der Waals surface area contributed by atoms with E-state index in [1.165, 1.54) is 12.0 Å². The molecular formula is C24H30N2O4. The summed E-state index contributed by atoms with van der Waals surface area (Å²) in [5, 5.41) is 2.91. The standard InChI is InChI=1S/C24H30N2O4/c1-4-29-22-15-19(24(28)25-20-10-8-17(2)18(3)14-20)9-11-21(22)30-16-23(27)26-12-6-5-7-13-26/h8-11,14-15H,4-7,12-13,16H2,1-3H3,(H,25,28). The van der Waals surface area contributed by atoms with Crippen molar-refractivity contribution in [3.8, 4) is 11.5 Å². The second-order valence-corrected chi connectivity index (χ2v) is 7.58. The van der Waals surface area contributed by atoms with Gasteiger partial charge in [-0.05, 0) is 81.5 Å². The molecule has 6 heteroatoms. The predicted molar refractivity (Wildman–Crippen MR) is 117 cm³/mol. The van der Waals surface area contributed by atoms with E-state index < -0.39 is 0 Å². The number of hydrogen-bond acceptors (Lipinski definition) is 4. The average molecular weight is 411 g/mol. The third-order valence-electron chi connectivity index (χ3n) is 5.33. The van der Waals surface area contributed by atoms with Crippen LogP contribution in [0, 0.1) is 13.8 Å². The molecule has 6 nitrogen and oxygen atoms in total. The number of aryl methyl sites for hydroxylation is 2. The van der Waals surface area contributed by atoms with Crippen LogP contribution in [0.3, 0.4) is 0 Å². The van der Waals surface area contributed by atoms with Crippen LogP contribution in [0.15, 0.2) is 36.4 Å². The number of nitrogens with zero attached hydrogens (tertiary/aromatic N) is 1. The largest absolute Gasteiger partial charge is 0.490 e. The van der Waals surface area contributed by atoms with Crippen LogP contribution in [0.4, 0.5) is 5.69 Å². The highest BCUT2D eigenvalue weighted by molar-refractivity contribution is 6.04. The van der Waals surface area contributed by atoms with E-state index in [0.717, 1.165) is 37.2 Å². The average Bonchev–Trinajstić information content (AvgIpc) is 2.76. The molecule has 1 heterocycles. The topological polar surface area (TPSA) is 67.9 Å². The van der Waals surface area contributed by atoms with Crippen molar-refractivity contribution in [2.75, 3.05) is 31.6 Å². The minimum absolute atomic E-state index is 0.0197. The molecule has 1 fully saturated rings. The maximum Gasteiger partial charge on any atom is 0.260 e. The minimum atomic E-state index is -0.227. The summed E-state index contributed by atoms with van der Waals surface area (Å²) in [4.78, 5) is 26.9. The van der Waals surface area contributed by atoms with Gasteiger partial charge in [0, 0.05) is 24.3 Å². The number of benzene rings is 2. The van der Waals surface area contributed by atoms with Crippen molar-refractivity contribution in [3.05, 3.63) is 53.1 Å². The van der Waals surface area contributed by atoms with Gasteiger partial charge in [0.2, 0.25) is 0 Å². The molecule has 1 aliphatic heterocycles. The number of likely N-dealkylation sites (tertiary alicyclic amines) is 1. The summed E-state index contributed by atoms with van der Waals surface area (Å²) in [6.45, 7) is 7.88. The monoisotopic (exact) mass is 410 g/mol. The fraction of sp³-hybridized carbons (Fsp3) is 0.417. The van der Waals surface area contributed by atoms with Crippen LogP contribution in [0.2, 0.25) is 0 Å². The van der Waals surface area contributed by atoms with E-state index in [2.05, 4.69) is 5.32 Å². The molecule has 0 bridgehead atoms. The van der Waals surface area contributed by atoms with Gasteiger partial charge in [0.05, 0.1) is 6.61 Å². The summed E-state index contributed by atoms with van der Waals surface area (Å²) >= 11 is 0. The normalized spacial score (nSPS) is 13.6. The van der Waals surface area contributed by atoms with Crippen LogP contribution in [0.1, 0.15) is 47.7 Å². The molecule has 2 aromatic carbocycles. The maximum absolute atomic E-state index is 12.7. The number of anilines is 1. The Balaban J connectivity index is 1.68. The molecular weight excluding hydrogens is 380 g/mol. The van der Waals surface area contributed by atoms with E-state index in [-0.39, 0.29) is 18.4 Å². The van der Waals surface area contributed by atoms with Crippen molar-refractivity contribution < 1.29 is 19.1 Å². The molecule has 0 spiro atoms. The SMILES string of the molecule is CCOc1cc(C(=O)Nc2ccc(C)c(C)c2)ccc1OCC(=O)N1CCCCC1. The summed E-state index contributed by atoms with van der Waals surface area (Å²) in [6, 6.07) is 10.8. The van der Waals surface area contributed by atoms with Gasteiger partial charge in [0.1, 0.15) is 0 Å². The van der Waals surface area contributed by atoms with Gasteiger partial charge in [-0.25, -0.2) is 0 Å². The maximum atomic E-state index is 12.7. The molecule has 0 atom stereocenters. The molecule has 2 amide bonds. The van der Waals surface area contributed by atoms with E-state index in [1.54, 1.807) is 18.2 Å². The van der Waals surface area contributed by atoms with Gasteiger partial charge in [-0.3, -0.25) is 9.59 Å². The highest BCUT2D eigenvalue weighted by atomic mass is 16.5. The fourth-order valence-corrected chi connectivity index (χ4v) is 3.43. The Hall–Kier alpha value is -3.02. The Labute approximate surface area is 178 Å². The molecule has 1 saturated heterocycles. The lowest BCUT2D eigenvalue weighted by atomic mass is 10.1. The summed E-state index contributed by atoms with van der Waals surface area (Å²) in [5.74, 6) is 0.672. The molecule has 0 unspecified atom stereocenters. The van der Waals surface area contributed by atoms with Crippen molar-refractivity contribution in [1.29, 1.82) is 0 Å². The Morgan fingerprint density at radius 3 is 2.40 bits per heavy atom. The van der Waals surface area contributed by atoms with Crippen LogP contribution < -0.4 is 14.8 Å². The predicted octanol–water partition coefficient (Wildman–Crippen LogP) is 4.35. The van der Waals surface area contributed by atoms with E-state index >= 15 is 0 Å². The smallest absolute Gasteiger partial charge is 0.260 e. The zero-order valence-electron chi connectivity index (χ0n) is 18.0. The molecule has 1 N–H and O–H groups in total. The van der Waals surface area contributed by atoms with Crippen LogP contribution in [0.25, 0.3) is 0 Å². The van der Waals surface area contributed by atoms with Gasteiger partial charge in [-0.1, -0.05) is 6.07 Å². The summed E-state index contributed by atoms with van der Waals surface area (Å²) in [6.07, 6.45) is 3.26. The number of hydrogen-bond donors (Lipinski definition) is 1. The molecule has 0 aromatic heterocycles. The highest BCUT2D eigenvalue weighted by Gasteiger charge is 2.18. The third kappa shape index (κ3) is 5.53. The van der Waals surface area contributed by atoms with Gasteiger partial charge in [0.15, 0.2) is 18.1 Å². The first kappa shape index (κ1) is 21.7. The molecule has 1 aliphatic rings. The van der Waals surface area contributed by atoms with Crippen molar-refractivity contribution in [2.24, 2.45) is 0 Å². The first-order valence-corrected chi connectivity index (χ1v) is 10.5. The van der Waals surface area contributed by atoms with Crippen molar-refractivity contribution in [2.45, 2.75) is 40.0 Å². The molecule has 0 aliphatic carbocycles. The molecule has 2 aromatic rings. The van der Waals surface area contributed by atoms with Crippen molar-refractivity contribution in [3.63, 3.8) is 0 Å². The quantitative estimate of drug-likeness (QED) is 0.737. The van der Waals surface area contributed by atoms with Gasteiger partial charge in [-0.15, -0.1) is 0 Å². The van der Waals surface area contributed by atoms with Gasteiger partial charge in [-0.2, -0.15) is 0 Å². The van der Waals surface area contributed by atoms with Gasteiger partial charge < -0.3 is 19.7 Å². The van der Waals surface area contributed by atoms with Gasteiger partial charge in [0.25, 0.3) is 11.8 Å². The van der Waals surface area contributed by atoms with Crippen LogP contribution >= 0.6 is 0 Å². The Kier molecular flexibility index (Phi) is 7.33. The lowest BCUT2D eigenvalue weighted by Gasteiger charge is -2.26. The summed E-state index contributed by atoms with van der Waals surface area (Å²) < 4.78 is 11.4. The minimum Gasteiger partial charge on any atom is -0.490 e. The summed E-state index contributed by atoms with van der Waals surface area (Å²) in [5.41, 5.74) is 3.50. The summed E-state index contributed by atoms with van der Waals surface area (Å²) in [7, 11) is 0. The zero-order chi connectivity index (χ0) is 21.5. The third-order valence-corrected chi connectivity index (χ3v) is 5.33. The molecule has 30 heavy (non-hydrogen) atoms. The van der Waals surface area contributed by atoms with E-state index in [9.17, 15) is 9.59 Å². The number of amides is 2. The lowest BCUT2D eigenvalue weighted by molar-refractivity contribution is -0.134. The second kappa shape index (κ2) is 10.1. The molecule has 0 radical (unpaired) electrons. The number of nitrogens with one attached hydrogen (secondary N) is 1. The fourth-order valence-electron chi connectivity index (χ4n) is 3.43. The van der Waals surface area contributed by atoms with Crippen LogP contribution in [-0.4, -0.2) is 43.0 Å². The highest BCUT2D eigenvalue weighted by Crippen LogP contribution is 2.29. The molecule has 160 valence electrons. The number of rotatable bonds is 7. The Morgan fingerprint density at radius 1 is 0.933 bits per heavy atom. The number of ether oxygens (including phenoxy) is 2. The van der Waals surface area contributed by atoms with Crippen LogP contribution in [0.5, 0.6) is 11.5 Å². The van der Waals surface area contributed by atoms with Crippen molar-refractivity contribution in [1.82, 2.24) is 4.90 Å². The number of piperidine rings is 1. The van der Waals surface area contributed by atoms with Gasteiger partial charge >= 0.3 is 0 Å². The zero-order valence-corrected chi connectivity index (χ0v) is 18.0. The molecule has 0 saturated carbocycles. The van der Waals surface area contributed by atoms with E-state index in [1.807, 2.05) is 43.9 Å². The molecule has 3 rings (SSSR count). The van der Waals surface area contributed by atoms with E-state index in [4.69, 9.17) is 9.47 Å². The first-order valence-electron chi connectivity index (χ1n) is 10.5. The first-order chi connectivity index (χ1) is 14.5. The van der Waals surface area contributed by atoms with Crippen molar-refractivity contribution >= 4 is 17.5 Å². The van der Waals surface area contributed by atoms with Crippen LogP contribution in [-0.2, 0) is 4.79 Å². The van der Waals surface area contributed by atoms with E-state index in [0.29, 0.717) is 23.7 Å². The number of carbonyl (C=O) groups is 2. The Bertz CT molecular complexity index is 904.